The Hall–Kier alpha value is -0.690. The molecule has 6 heteroatoms. The number of carbonyl (C=O) groups excluding carboxylic acids is 1. The van der Waals surface area contributed by atoms with Gasteiger partial charge in [-0.1, -0.05) is 13.8 Å². The summed E-state index contributed by atoms with van der Waals surface area (Å²) in [5.41, 5.74) is 5.11. The van der Waals surface area contributed by atoms with Gasteiger partial charge >= 0.3 is 0 Å². The molecule has 4 atom stereocenters. The Morgan fingerprint density at radius 1 is 1.45 bits per heavy atom. The highest BCUT2D eigenvalue weighted by Gasteiger charge is 2.62. The minimum Gasteiger partial charge on any atom is -0.379 e. The summed E-state index contributed by atoms with van der Waals surface area (Å²) in [6.07, 6.45) is 1.66. The zero-order chi connectivity index (χ0) is 16.4. The van der Waals surface area contributed by atoms with Crippen LogP contribution in [0.1, 0.15) is 40.5 Å². The third kappa shape index (κ3) is 3.30. The highest BCUT2D eigenvalue weighted by Crippen LogP contribution is 2.49. The van der Waals surface area contributed by atoms with E-state index in [2.05, 4.69) is 5.32 Å². The van der Waals surface area contributed by atoms with Crippen LogP contribution in [-0.2, 0) is 19.0 Å². The number of hydrogen-bond donors (Lipinski definition) is 2. The Kier molecular flexibility index (Phi) is 5.48. The molecule has 1 saturated heterocycles. The molecule has 0 aromatic carbocycles. The summed E-state index contributed by atoms with van der Waals surface area (Å²) in [5.74, 6) is -0.118. The van der Waals surface area contributed by atoms with Crippen LogP contribution < -0.4 is 11.1 Å². The lowest BCUT2D eigenvalue weighted by atomic mass is 9.54. The maximum absolute atomic E-state index is 12.5. The minimum absolute atomic E-state index is 0.0374. The van der Waals surface area contributed by atoms with Gasteiger partial charge in [0, 0.05) is 31.1 Å². The molecule has 0 spiro atoms. The first-order valence-corrected chi connectivity index (χ1v) is 8.22. The fourth-order valence-corrected chi connectivity index (χ4v) is 3.14. The van der Waals surface area contributed by atoms with E-state index < -0.39 is 5.54 Å². The Morgan fingerprint density at radius 3 is 2.73 bits per heavy atom. The van der Waals surface area contributed by atoms with Crippen molar-refractivity contribution < 1.29 is 19.0 Å². The lowest BCUT2D eigenvalue weighted by molar-refractivity contribution is -0.171. The molecule has 0 aromatic heterocycles. The van der Waals surface area contributed by atoms with Gasteiger partial charge in [0.1, 0.15) is 5.54 Å². The highest BCUT2D eigenvalue weighted by atomic mass is 16.5. The SMILES string of the molecule is CCOC1CC(N)(C(=O)NC(C)COC2CCOC2)C1(C)C. The number of nitrogens with two attached hydrogens (primary N) is 1. The minimum atomic E-state index is -0.877. The molecule has 0 radical (unpaired) electrons. The molecule has 128 valence electrons. The zero-order valence-corrected chi connectivity index (χ0v) is 14.2. The highest BCUT2D eigenvalue weighted by molar-refractivity contribution is 5.89. The predicted molar refractivity (Wildman–Crippen MR) is 83.5 cm³/mol. The molecule has 0 aromatic rings. The summed E-state index contributed by atoms with van der Waals surface area (Å²) >= 11 is 0. The summed E-state index contributed by atoms with van der Waals surface area (Å²) in [5, 5.41) is 2.98. The van der Waals surface area contributed by atoms with Crippen molar-refractivity contribution in [1.82, 2.24) is 5.32 Å². The molecule has 6 nitrogen and oxygen atoms in total. The van der Waals surface area contributed by atoms with Crippen molar-refractivity contribution in [3.63, 3.8) is 0 Å². The standard InChI is InChI=1S/C16H30N2O4/c1-5-21-13-8-16(17,15(13,3)4)14(19)18-11(2)9-22-12-6-7-20-10-12/h11-13H,5-10,17H2,1-4H3,(H,18,19). The van der Waals surface area contributed by atoms with Crippen LogP contribution >= 0.6 is 0 Å². The van der Waals surface area contributed by atoms with Gasteiger partial charge in [0.25, 0.3) is 0 Å². The molecule has 0 bridgehead atoms. The first-order chi connectivity index (χ1) is 10.3. The number of amides is 1. The van der Waals surface area contributed by atoms with Gasteiger partial charge in [-0.2, -0.15) is 0 Å². The van der Waals surface area contributed by atoms with Crippen LogP contribution in [0.15, 0.2) is 0 Å². The summed E-state index contributed by atoms with van der Waals surface area (Å²) in [7, 11) is 0. The zero-order valence-electron chi connectivity index (χ0n) is 14.2. The molecule has 1 saturated carbocycles. The topological polar surface area (TPSA) is 82.8 Å². The van der Waals surface area contributed by atoms with Gasteiger partial charge in [-0.05, 0) is 20.3 Å². The average molecular weight is 314 g/mol. The van der Waals surface area contributed by atoms with E-state index in [0.717, 1.165) is 13.0 Å². The summed E-state index contributed by atoms with van der Waals surface area (Å²) in [4.78, 5) is 12.5. The molecule has 1 heterocycles. The Bertz CT molecular complexity index is 396. The third-order valence-electron chi connectivity index (χ3n) is 5.08. The number of rotatable bonds is 7. The third-order valence-corrected chi connectivity index (χ3v) is 5.08. The van der Waals surface area contributed by atoms with Gasteiger partial charge in [-0.3, -0.25) is 4.79 Å². The fraction of sp³-hybridized carbons (Fsp3) is 0.938. The fourth-order valence-electron chi connectivity index (χ4n) is 3.14. The molecule has 1 aliphatic carbocycles. The van der Waals surface area contributed by atoms with Gasteiger partial charge in [0.15, 0.2) is 0 Å². The molecule has 3 N–H and O–H groups in total. The Morgan fingerprint density at radius 2 is 2.18 bits per heavy atom. The predicted octanol–water partition coefficient (Wildman–Crippen LogP) is 0.829. The van der Waals surface area contributed by atoms with E-state index in [-0.39, 0.29) is 29.6 Å². The molecule has 1 amide bonds. The maximum atomic E-state index is 12.5. The molecular weight excluding hydrogens is 284 g/mol. The van der Waals surface area contributed by atoms with Crippen LogP contribution in [0.4, 0.5) is 0 Å². The largest absolute Gasteiger partial charge is 0.379 e. The van der Waals surface area contributed by atoms with Crippen molar-refractivity contribution in [3.05, 3.63) is 0 Å². The first-order valence-electron chi connectivity index (χ1n) is 8.22. The Labute approximate surface area is 133 Å². The van der Waals surface area contributed by atoms with Crippen LogP contribution in [-0.4, -0.2) is 56.1 Å². The summed E-state index contributed by atoms with van der Waals surface area (Å²) in [6, 6.07) is -0.0736. The van der Waals surface area contributed by atoms with Crippen LogP contribution in [0.25, 0.3) is 0 Å². The second-order valence-corrected chi connectivity index (χ2v) is 7.03. The van der Waals surface area contributed by atoms with Crippen molar-refractivity contribution in [2.24, 2.45) is 11.1 Å². The molecule has 22 heavy (non-hydrogen) atoms. The van der Waals surface area contributed by atoms with Crippen LogP contribution in [0, 0.1) is 5.41 Å². The van der Waals surface area contributed by atoms with E-state index in [1.807, 2.05) is 27.7 Å². The first kappa shape index (κ1) is 17.7. The normalized spacial score (nSPS) is 35.0. The maximum Gasteiger partial charge on any atom is 0.241 e. The lowest BCUT2D eigenvalue weighted by Gasteiger charge is -2.57. The molecule has 2 aliphatic rings. The van der Waals surface area contributed by atoms with Crippen molar-refractivity contribution in [2.45, 2.75) is 64.3 Å². The van der Waals surface area contributed by atoms with Gasteiger partial charge in [0.2, 0.25) is 5.91 Å². The van der Waals surface area contributed by atoms with Crippen molar-refractivity contribution in [3.8, 4) is 0 Å². The molecule has 2 rings (SSSR count). The Balaban J connectivity index is 1.81. The van der Waals surface area contributed by atoms with E-state index >= 15 is 0 Å². The van der Waals surface area contributed by atoms with Crippen LogP contribution in [0.2, 0.25) is 0 Å². The van der Waals surface area contributed by atoms with Gasteiger partial charge in [-0.15, -0.1) is 0 Å². The van der Waals surface area contributed by atoms with Gasteiger partial charge in [0.05, 0.1) is 25.4 Å². The van der Waals surface area contributed by atoms with Crippen molar-refractivity contribution >= 4 is 5.91 Å². The van der Waals surface area contributed by atoms with E-state index in [9.17, 15) is 4.79 Å². The van der Waals surface area contributed by atoms with Crippen molar-refractivity contribution in [1.29, 1.82) is 0 Å². The summed E-state index contributed by atoms with van der Waals surface area (Å²) in [6.45, 7) is 10.4. The number of nitrogens with one attached hydrogen (secondary N) is 1. The van der Waals surface area contributed by atoms with E-state index in [1.165, 1.54) is 0 Å². The number of carbonyl (C=O) groups is 1. The van der Waals surface area contributed by atoms with E-state index in [1.54, 1.807) is 0 Å². The molecule has 2 fully saturated rings. The number of ether oxygens (including phenoxy) is 3. The number of hydrogen-bond acceptors (Lipinski definition) is 5. The van der Waals surface area contributed by atoms with Gasteiger partial charge in [-0.25, -0.2) is 0 Å². The molecule has 4 unspecified atom stereocenters. The average Bonchev–Trinajstić information content (AvgIpc) is 2.98. The summed E-state index contributed by atoms with van der Waals surface area (Å²) < 4.78 is 16.7. The second-order valence-electron chi connectivity index (χ2n) is 7.03. The van der Waals surface area contributed by atoms with Gasteiger partial charge < -0.3 is 25.3 Å². The van der Waals surface area contributed by atoms with Crippen LogP contribution in [0.3, 0.4) is 0 Å². The second kappa shape index (κ2) is 6.83. The van der Waals surface area contributed by atoms with E-state index in [4.69, 9.17) is 19.9 Å². The molecular formula is C16H30N2O4. The smallest absolute Gasteiger partial charge is 0.241 e. The van der Waals surface area contributed by atoms with Crippen molar-refractivity contribution in [2.75, 3.05) is 26.4 Å². The quantitative estimate of drug-likeness (QED) is 0.727. The lowest BCUT2D eigenvalue weighted by Crippen LogP contribution is -2.76. The van der Waals surface area contributed by atoms with Crippen LogP contribution in [0.5, 0.6) is 0 Å². The monoisotopic (exact) mass is 314 g/mol. The van der Waals surface area contributed by atoms with E-state index in [0.29, 0.717) is 26.2 Å². The molecule has 1 aliphatic heterocycles.